The lowest BCUT2D eigenvalue weighted by Gasteiger charge is -2.02. The highest BCUT2D eigenvalue weighted by Gasteiger charge is 2.14. The predicted octanol–water partition coefficient (Wildman–Crippen LogP) is 4.59. The van der Waals surface area contributed by atoms with E-state index in [1.165, 1.54) is 0 Å². The minimum Gasteiger partial charge on any atom is -0.454 e. The molecule has 5 rings (SSSR count). The molecule has 0 N–H and O–H groups in total. The second-order valence-electron chi connectivity index (χ2n) is 5.37. The zero-order chi connectivity index (χ0) is 15.2. The van der Waals surface area contributed by atoms with Crippen molar-refractivity contribution in [3.63, 3.8) is 0 Å². The number of aromatic nitrogens is 3. The normalized spacial score (nSPS) is 11.5. The number of hydrogen-bond donors (Lipinski definition) is 0. The van der Waals surface area contributed by atoms with Gasteiger partial charge in [-0.25, -0.2) is 4.98 Å². The lowest BCUT2D eigenvalue weighted by atomic mass is 10.1. The van der Waals surface area contributed by atoms with Crippen LogP contribution < -0.4 is 0 Å². The number of benzene rings is 1. The Bertz CT molecular complexity index is 1180. The number of pyridine rings is 3. The van der Waals surface area contributed by atoms with Gasteiger partial charge in [-0.05, 0) is 36.4 Å². The molecule has 4 aromatic heterocycles. The summed E-state index contributed by atoms with van der Waals surface area (Å²) in [4.78, 5) is 13.5. The van der Waals surface area contributed by atoms with E-state index in [2.05, 4.69) is 21.0 Å². The Kier molecular flexibility index (Phi) is 2.46. The van der Waals surface area contributed by atoms with E-state index in [0.717, 1.165) is 44.4 Å². The first kappa shape index (κ1) is 12.3. The molecule has 108 valence electrons. The number of rotatable bonds is 1. The van der Waals surface area contributed by atoms with E-state index >= 15 is 0 Å². The molecule has 0 saturated carbocycles. The van der Waals surface area contributed by atoms with Gasteiger partial charge in [0, 0.05) is 23.2 Å². The van der Waals surface area contributed by atoms with Gasteiger partial charge in [0.15, 0.2) is 5.58 Å². The third-order valence-electron chi connectivity index (χ3n) is 3.99. The Hall–Kier alpha value is -3.27. The average Bonchev–Trinajstić information content (AvgIpc) is 3.00. The maximum absolute atomic E-state index is 6.03. The van der Waals surface area contributed by atoms with Crippen molar-refractivity contribution in [3.8, 4) is 11.4 Å². The number of fused-ring (bicyclic) bond motifs is 4. The molecule has 0 atom stereocenters. The third-order valence-corrected chi connectivity index (χ3v) is 3.99. The molecule has 1 aromatic carbocycles. The largest absolute Gasteiger partial charge is 0.454 e. The number of furan rings is 1. The van der Waals surface area contributed by atoms with Crippen LogP contribution >= 0.6 is 0 Å². The second-order valence-corrected chi connectivity index (χ2v) is 5.37. The van der Waals surface area contributed by atoms with Crippen molar-refractivity contribution in [1.82, 2.24) is 15.0 Å². The van der Waals surface area contributed by atoms with E-state index < -0.39 is 0 Å². The lowest BCUT2D eigenvalue weighted by molar-refractivity contribution is 0.668. The highest BCUT2D eigenvalue weighted by Crippen LogP contribution is 2.33. The number of nitrogens with zero attached hydrogens (tertiary/aromatic N) is 3. The van der Waals surface area contributed by atoms with Crippen LogP contribution in [0.25, 0.3) is 44.4 Å². The monoisotopic (exact) mass is 297 g/mol. The van der Waals surface area contributed by atoms with Crippen LogP contribution in [-0.4, -0.2) is 15.0 Å². The van der Waals surface area contributed by atoms with Crippen LogP contribution in [0.1, 0.15) is 0 Å². The summed E-state index contributed by atoms with van der Waals surface area (Å²) in [7, 11) is 0. The molecule has 4 heterocycles. The summed E-state index contributed by atoms with van der Waals surface area (Å²) < 4.78 is 6.03. The molecule has 4 nitrogen and oxygen atoms in total. The van der Waals surface area contributed by atoms with E-state index in [4.69, 9.17) is 4.42 Å². The average molecular weight is 297 g/mol. The van der Waals surface area contributed by atoms with Crippen molar-refractivity contribution in [3.05, 3.63) is 67.0 Å². The molecule has 0 spiro atoms. The van der Waals surface area contributed by atoms with Crippen molar-refractivity contribution in [2.75, 3.05) is 0 Å². The highest BCUT2D eigenvalue weighted by molar-refractivity contribution is 6.08. The zero-order valence-electron chi connectivity index (χ0n) is 12.1. The molecule has 0 aliphatic carbocycles. The summed E-state index contributed by atoms with van der Waals surface area (Å²) in [6, 6.07) is 17.7. The van der Waals surface area contributed by atoms with Gasteiger partial charge in [-0.1, -0.05) is 18.2 Å². The first-order valence-corrected chi connectivity index (χ1v) is 7.38. The summed E-state index contributed by atoms with van der Waals surface area (Å²) in [6.07, 6.45) is 3.57. The van der Waals surface area contributed by atoms with Gasteiger partial charge in [0.1, 0.15) is 11.3 Å². The summed E-state index contributed by atoms with van der Waals surface area (Å²) in [5.41, 5.74) is 4.89. The fourth-order valence-corrected chi connectivity index (χ4v) is 2.92. The quantitative estimate of drug-likeness (QED) is 0.454. The summed E-state index contributed by atoms with van der Waals surface area (Å²) in [5.74, 6) is 0. The fraction of sp³-hybridized carbons (Fsp3) is 0. The molecule has 0 saturated heterocycles. The van der Waals surface area contributed by atoms with Crippen molar-refractivity contribution in [2.24, 2.45) is 0 Å². The molecule has 0 fully saturated rings. The highest BCUT2D eigenvalue weighted by atomic mass is 16.3. The standard InChI is InChI=1S/C19H11N3O/c1-2-6-17-12(4-1)13-9-11-21-18(19(13)23-17)16-8-7-14-15(22-16)5-3-10-20-14/h1-11H. The van der Waals surface area contributed by atoms with Crippen LogP contribution in [0.4, 0.5) is 0 Å². The second kappa shape index (κ2) is 4.61. The Morgan fingerprint density at radius 2 is 1.65 bits per heavy atom. The van der Waals surface area contributed by atoms with E-state index in [1.807, 2.05) is 48.5 Å². The lowest BCUT2D eigenvalue weighted by Crippen LogP contribution is -1.89. The zero-order valence-corrected chi connectivity index (χ0v) is 12.1. The van der Waals surface area contributed by atoms with Crippen molar-refractivity contribution >= 4 is 33.0 Å². The van der Waals surface area contributed by atoms with E-state index in [9.17, 15) is 0 Å². The van der Waals surface area contributed by atoms with Gasteiger partial charge < -0.3 is 4.42 Å². The number of para-hydroxylation sites is 1. The van der Waals surface area contributed by atoms with Crippen LogP contribution in [0.2, 0.25) is 0 Å². The van der Waals surface area contributed by atoms with Crippen LogP contribution in [0.5, 0.6) is 0 Å². The van der Waals surface area contributed by atoms with Gasteiger partial charge in [-0.15, -0.1) is 0 Å². The topological polar surface area (TPSA) is 51.8 Å². The van der Waals surface area contributed by atoms with Gasteiger partial charge in [0.2, 0.25) is 0 Å². The minimum absolute atomic E-state index is 0.754. The predicted molar refractivity (Wildman–Crippen MR) is 90.0 cm³/mol. The van der Waals surface area contributed by atoms with Gasteiger partial charge in [0.05, 0.1) is 16.7 Å². The van der Waals surface area contributed by atoms with Crippen LogP contribution in [0.3, 0.4) is 0 Å². The van der Waals surface area contributed by atoms with Crippen molar-refractivity contribution < 1.29 is 4.42 Å². The maximum Gasteiger partial charge on any atom is 0.163 e. The van der Waals surface area contributed by atoms with Crippen molar-refractivity contribution in [1.29, 1.82) is 0 Å². The Morgan fingerprint density at radius 3 is 2.65 bits per heavy atom. The van der Waals surface area contributed by atoms with Crippen LogP contribution in [-0.2, 0) is 0 Å². The first-order chi connectivity index (χ1) is 11.4. The van der Waals surface area contributed by atoms with Gasteiger partial charge in [-0.3, -0.25) is 9.97 Å². The van der Waals surface area contributed by atoms with E-state index in [-0.39, 0.29) is 0 Å². The van der Waals surface area contributed by atoms with Crippen LogP contribution in [0.15, 0.2) is 71.4 Å². The first-order valence-electron chi connectivity index (χ1n) is 7.38. The van der Waals surface area contributed by atoms with E-state index in [0.29, 0.717) is 0 Å². The molecule has 0 aliphatic rings. The maximum atomic E-state index is 6.03. The summed E-state index contributed by atoms with van der Waals surface area (Å²) >= 11 is 0. The fourth-order valence-electron chi connectivity index (χ4n) is 2.92. The Morgan fingerprint density at radius 1 is 0.696 bits per heavy atom. The molecule has 5 aromatic rings. The minimum atomic E-state index is 0.754. The third kappa shape index (κ3) is 1.82. The molecule has 23 heavy (non-hydrogen) atoms. The van der Waals surface area contributed by atoms with Crippen molar-refractivity contribution in [2.45, 2.75) is 0 Å². The molecule has 0 aliphatic heterocycles. The smallest absolute Gasteiger partial charge is 0.163 e. The molecular weight excluding hydrogens is 286 g/mol. The molecular formula is C19H11N3O. The van der Waals surface area contributed by atoms with Gasteiger partial charge in [-0.2, -0.15) is 0 Å². The molecule has 0 bridgehead atoms. The molecule has 0 unspecified atom stereocenters. The molecule has 0 amide bonds. The van der Waals surface area contributed by atoms with Crippen LogP contribution in [0, 0.1) is 0 Å². The summed E-state index contributed by atoms with van der Waals surface area (Å²) in [5, 5.41) is 2.15. The van der Waals surface area contributed by atoms with Gasteiger partial charge >= 0.3 is 0 Å². The van der Waals surface area contributed by atoms with Gasteiger partial charge in [0.25, 0.3) is 0 Å². The Labute approximate surface area is 131 Å². The Balaban J connectivity index is 1.84. The molecule has 0 radical (unpaired) electrons. The molecule has 4 heteroatoms. The SMILES string of the molecule is c1cnc2ccc(-c3nccc4c3oc3ccccc34)nc2c1. The summed E-state index contributed by atoms with van der Waals surface area (Å²) in [6.45, 7) is 0. The number of hydrogen-bond acceptors (Lipinski definition) is 4. The van der Waals surface area contributed by atoms with E-state index in [1.54, 1.807) is 12.4 Å².